The van der Waals surface area contributed by atoms with Crippen LogP contribution in [0.2, 0.25) is 0 Å². The number of carboxylic acid groups (broad SMARTS) is 1. The lowest BCUT2D eigenvalue weighted by atomic mass is 9.93. The molecular formula is C20H19NO4. The molecule has 0 unspecified atom stereocenters. The molecule has 0 spiro atoms. The standard InChI is InChI=1S/C20H19NO4/c1-2-12-13-5-3-4-6-17(13)25-18(12)10-15-14-9-11(20(23)24)7-8-16(14)21-19(15)22/h7-10H,2-6H2,1H3,(H,21,22)(H,23,24). The van der Waals surface area contributed by atoms with Crippen LogP contribution >= 0.6 is 0 Å². The third-order valence-electron chi connectivity index (χ3n) is 4.99. The second kappa shape index (κ2) is 5.92. The minimum Gasteiger partial charge on any atom is -0.478 e. The lowest BCUT2D eigenvalue weighted by molar-refractivity contribution is -0.110. The zero-order valence-electron chi connectivity index (χ0n) is 14.0. The average Bonchev–Trinajstić information content (AvgIpc) is 3.11. The molecule has 5 heteroatoms. The number of anilines is 1. The minimum absolute atomic E-state index is 0.163. The van der Waals surface area contributed by atoms with Gasteiger partial charge < -0.3 is 14.8 Å². The Morgan fingerprint density at radius 1 is 1.32 bits per heavy atom. The fraction of sp³-hybridized carbons (Fsp3) is 0.300. The zero-order valence-corrected chi connectivity index (χ0v) is 14.0. The summed E-state index contributed by atoms with van der Waals surface area (Å²) in [6.45, 7) is 2.09. The topological polar surface area (TPSA) is 79.5 Å². The van der Waals surface area contributed by atoms with Gasteiger partial charge in [-0.15, -0.1) is 0 Å². The molecule has 1 aromatic heterocycles. The van der Waals surface area contributed by atoms with E-state index in [4.69, 9.17) is 4.42 Å². The van der Waals surface area contributed by atoms with E-state index in [2.05, 4.69) is 12.2 Å². The van der Waals surface area contributed by atoms with Crippen molar-refractivity contribution in [2.24, 2.45) is 0 Å². The molecule has 2 heterocycles. The summed E-state index contributed by atoms with van der Waals surface area (Å²) >= 11 is 0. The van der Waals surface area contributed by atoms with Crippen LogP contribution in [-0.2, 0) is 24.1 Å². The van der Waals surface area contributed by atoms with E-state index >= 15 is 0 Å². The molecule has 1 aliphatic carbocycles. The lowest BCUT2D eigenvalue weighted by Gasteiger charge is -2.09. The highest BCUT2D eigenvalue weighted by Gasteiger charge is 2.27. The van der Waals surface area contributed by atoms with Gasteiger partial charge in [0.15, 0.2) is 0 Å². The number of carbonyl (C=O) groups is 2. The average molecular weight is 337 g/mol. The molecule has 128 valence electrons. The molecule has 1 amide bonds. The molecule has 2 aromatic rings. The highest BCUT2D eigenvalue weighted by molar-refractivity contribution is 6.35. The first kappa shape index (κ1) is 15.7. The van der Waals surface area contributed by atoms with E-state index in [1.54, 1.807) is 12.1 Å². The van der Waals surface area contributed by atoms with Gasteiger partial charge in [-0.2, -0.15) is 0 Å². The maximum Gasteiger partial charge on any atom is 0.335 e. The van der Waals surface area contributed by atoms with Crippen molar-refractivity contribution < 1.29 is 19.1 Å². The number of nitrogens with one attached hydrogen (secondary N) is 1. The smallest absolute Gasteiger partial charge is 0.335 e. The third kappa shape index (κ3) is 2.56. The Morgan fingerprint density at radius 3 is 2.88 bits per heavy atom. The van der Waals surface area contributed by atoms with E-state index < -0.39 is 5.97 Å². The van der Waals surface area contributed by atoms with Crippen molar-refractivity contribution in [1.29, 1.82) is 0 Å². The van der Waals surface area contributed by atoms with Gasteiger partial charge in [0.1, 0.15) is 11.5 Å². The molecular weight excluding hydrogens is 318 g/mol. The monoisotopic (exact) mass is 337 g/mol. The van der Waals surface area contributed by atoms with Crippen LogP contribution in [0.15, 0.2) is 22.6 Å². The largest absolute Gasteiger partial charge is 0.478 e. The summed E-state index contributed by atoms with van der Waals surface area (Å²) in [5.41, 5.74) is 4.32. The Balaban J connectivity index is 1.83. The Labute approximate surface area is 145 Å². The first-order valence-electron chi connectivity index (χ1n) is 8.62. The maximum atomic E-state index is 12.4. The van der Waals surface area contributed by atoms with Gasteiger partial charge in [-0.1, -0.05) is 6.92 Å². The number of aryl methyl sites for hydroxylation is 1. The van der Waals surface area contributed by atoms with E-state index in [-0.39, 0.29) is 11.5 Å². The molecule has 0 atom stereocenters. The maximum absolute atomic E-state index is 12.4. The molecule has 0 saturated heterocycles. The third-order valence-corrected chi connectivity index (χ3v) is 4.99. The Hall–Kier alpha value is -2.82. The van der Waals surface area contributed by atoms with Crippen LogP contribution in [0.1, 0.15) is 58.3 Å². The molecule has 1 aromatic carbocycles. The molecule has 0 bridgehead atoms. The van der Waals surface area contributed by atoms with Crippen molar-refractivity contribution in [2.45, 2.75) is 39.0 Å². The van der Waals surface area contributed by atoms with Crippen molar-refractivity contribution in [3.05, 3.63) is 52.0 Å². The highest BCUT2D eigenvalue weighted by Crippen LogP contribution is 2.37. The summed E-state index contributed by atoms with van der Waals surface area (Å²) in [5.74, 6) is 0.527. The second-order valence-corrected chi connectivity index (χ2v) is 6.48. The van der Waals surface area contributed by atoms with Gasteiger partial charge in [0.25, 0.3) is 5.91 Å². The molecule has 2 N–H and O–H groups in total. The van der Waals surface area contributed by atoms with Crippen LogP contribution in [0, 0.1) is 0 Å². The zero-order chi connectivity index (χ0) is 17.6. The van der Waals surface area contributed by atoms with Crippen LogP contribution in [0.25, 0.3) is 11.6 Å². The summed E-state index contributed by atoms with van der Waals surface area (Å²) in [6.07, 6.45) is 6.88. The summed E-state index contributed by atoms with van der Waals surface area (Å²) in [6, 6.07) is 4.66. The first-order valence-corrected chi connectivity index (χ1v) is 8.62. The Bertz CT molecular complexity index is 920. The number of carboxylic acids is 1. The van der Waals surface area contributed by atoms with E-state index in [1.165, 1.54) is 24.1 Å². The molecule has 0 saturated carbocycles. The predicted octanol–water partition coefficient (Wildman–Crippen LogP) is 3.91. The SMILES string of the molecule is CCc1c(C=C2C(=O)Nc3ccc(C(=O)O)cc32)oc2c1CCCC2. The molecule has 2 aliphatic rings. The van der Waals surface area contributed by atoms with Crippen molar-refractivity contribution in [2.75, 3.05) is 5.32 Å². The van der Waals surface area contributed by atoms with Gasteiger partial charge in [0, 0.05) is 23.2 Å². The summed E-state index contributed by atoms with van der Waals surface area (Å²) < 4.78 is 6.06. The Morgan fingerprint density at radius 2 is 2.12 bits per heavy atom. The van der Waals surface area contributed by atoms with Crippen molar-refractivity contribution >= 4 is 29.2 Å². The number of amides is 1. The summed E-state index contributed by atoms with van der Waals surface area (Å²) in [4.78, 5) is 23.6. The Kier molecular flexibility index (Phi) is 3.71. The van der Waals surface area contributed by atoms with Gasteiger partial charge in [-0.25, -0.2) is 4.79 Å². The number of hydrogen-bond donors (Lipinski definition) is 2. The molecule has 1 aliphatic heterocycles. The fourth-order valence-corrected chi connectivity index (χ4v) is 3.75. The van der Waals surface area contributed by atoms with Gasteiger partial charge in [-0.05, 0) is 55.5 Å². The summed E-state index contributed by atoms with van der Waals surface area (Å²) in [5, 5.41) is 12.0. The van der Waals surface area contributed by atoms with E-state index in [0.29, 0.717) is 16.8 Å². The molecule has 0 fully saturated rings. The van der Waals surface area contributed by atoms with E-state index in [9.17, 15) is 14.7 Å². The normalized spacial score (nSPS) is 17.3. The number of benzene rings is 1. The van der Waals surface area contributed by atoms with Crippen LogP contribution in [0.4, 0.5) is 5.69 Å². The van der Waals surface area contributed by atoms with Crippen LogP contribution in [0.5, 0.6) is 0 Å². The fourth-order valence-electron chi connectivity index (χ4n) is 3.75. The number of hydrogen-bond acceptors (Lipinski definition) is 3. The van der Waals surface area contributed by atoms with Crippen molar-refractivity contribution in [3.8, 4) is 0 Å². The van der Waals surface area contributed by atoms with Crippen molar-refractivity contribution in [3.63, 3.8) is 0 Å². The van der Waals surface area contributed by atoms with Gasteiger partial charge in [0.2, 0.25) is 0 Å². The lowest BCUT2D eigenvalue weighted by Crippen LogP contribution is -2.03. The number of rotatable bonds is 3. The highest BCUT2D eigenvalue weighted by atomic mass is 16.4. The molecule has 25 heavy (non-hydrogen) atoms. The van der Waals surface area contributed by atoms with Crippen molar-refractivity contribution in [1.82, 2.24) is 0 Å². The summed E-state index contributed by atoms with van der Waals surface area (Å²) in [7, 11) is 0. The minimum atomic E-state index is -1.01. The molecule has 5 nitrogen and oxygen atoms in total. The van der Waals surface area contributed by atoms with Crippen LogP contribution in [-0.4, -0.2) is 17.0 Å². The number of aromatic carboxylic acids is 1. The number of fused-ring (bicyclic) bond motifs is 2. The number of carbonyl (C=O) groups excluding carboxylic acids is 1. The predicted molar refractivity (Wildman–Crippen MR) is 94.6 cm³/mol. The quantitative estimate of drug-likeness (QED) is 0.832. The number of furan rings is 1. The first-order chi connectivity index (χ1) is 12.1. The molecule has 4 rings (SSSR count). The van der Waals surface area contributed by atoms with Gasteiger partial charge >= 0.3 is 5.97 Å². The van der Waals surface area contributed by atoms with Gasteiger partial charge in [-0.3, -0.25) is 4.79 Å². The van der Waals surface area contributed by atoms with E-state index in [0.717, 1.165) is 42.8 Å². The van der Waals surface area contributed by atoms with Crippen LogP contribution < -0.4 is 5.32 Å². The van der Waals surface area contributed by atoms with Gasteiger partial charge in [0.05, 0.1) is 11.1 Å². The van der Waals surface area contributed by atoms with E-state index in [1.807, 2.05) is 0 Å². The second-order valence-electron chi connectivity index (χ2n) is 6.48. The molecule has 0 radical (unpaired) electrons. The van der Waals surface area contributed by atoms with Crippen LogP contribution in [0.3, 0.4) is 0 Å².